The van der Waals surface area contributed by atoms with Gasteiger partial charge in [0, 0.05) is 12.8 Å². The van der Waals surface area contributed by atoms with Crippen LogP contribution in [0.3, 0.4) is 0 Å². The normalized spacial score (nSPS) is 13.2. The third-order valence-electron chi connectivity index (χ3n) is 16.1. The van der Waals surface area contributed by atoms with Crippen molar-refractivity contribution in [2.75, 3.05) is 47.5 Å². The Balaban J connectivity index is 4.05. The smallest absolute Gasteiger partial charge is 0.361 e. The van der Waals surface area contributed by atoms with Gasteiger partial charge in [-0.15, -0.1) is 0 Å². The molecule has 0 aliphatic carbocycles. The van der Waals surface area contributed by atoms with E-state index in [4.69, 9.17) is 18.9 Å². The molecule has 0 aromatic heterocycles. The summed E-state index contributed by atoms with van der Waals surface area (Å²) in [5, 5.41) is 9.76. The van der Waals surface area contributed by atoms with E-state index in [1.54, 1.807) is 0 Å². The largest absolute Gasteiger partial charge is 0.477 e. The maximum absolute atomic E-state index is 13.0. The lowest BCUT2D eigenvalue weighted by atomic mass is 10.0. The van der Waals surface area contributed by atoms with Gasteiger partial charge in [0.2, 0.25) is 0 Å². The summed E-state index contributed by atoms with van der Waals surface area (Å²) < 4.78 is 23.0. The molecule has 0 heterocycles. The zero-order valence-corrected chi connectivity index (χ0v) is 57.7. The summed E-state index contributed by atoms with van der Waals surface area (Å²) in [6.45, 7) is 4.81. The Bertz CT molecular complexity index is 1700. The number of nitrogens with zero attached hydrogens (tertiary/aromatic N) is 1. The molecule has 0 aromatic rings. The van der Waals surface area contributed by atoms with Gasteiger partial charge in [-0.25, -0.2) is 4.79 Å². The highest BCUT2D eigenvalue weighted by Crippen LogP contribution is 2.18. The van der Waals surface area contributed by atoms with Crippen molar-refractivity contribution in [3.8, 4) is 0 Å². The Morgan fingerprint density at radius 3 is 0.989 bits per heavy atom. The number of ether oxygens (including phenoxy) is 4. The van der Waals surface area contributed by atoms with Crippen LogP contribution >= 0.6 is 0 Å². The summed E-state index contributed by atoms with van der Waals surface area (Å²) in [6, 6.07) is 0. The number of carboxylic acid groups (broad SMARTS) is 1. The molecular weight excluding hydrogens is 1080 g/mol. The van der Waals surface area contributed by atoms with E-state index in [0.717, 1.165) is 77.0 Å². The molecule has 0 saturated carbocycles. The molecular formula is C78H140NO8+. The average Bonchev–Trinajstić information content (AvgIpc) is 3.57. The first-order chi connectivity index (χ1) is 42.6. The fraction of sp³-hybridized carbons (Fsp3) is 0.782. The van der Waals surface area contributed by atoms with E-state index >= 15 is 0 Å². The van der Waals surface area contributed by atoms with Crippen molar-refractivity contribution in [2.24, 2.45) is 0 Å². The zero-order chi connectivity index (χ0) is 63.3. The van der Waals surface area contributed by atoms with Crippen molar-refractivity contribution in [1.82, 2.24) is 0 Å². The summed E-state index contributed by atoms with van der Waals surface area (Å²) in [5.41, 5.74) is 0. The first kappa shape index (κ1) is 83.5. The first-order valence-corrected chi connectivity index (χ1v) is 36.8. The lowest BCUT2D eigenvalue weighted by Crippen LogP contribution is -2.40. The summed E-state index contributed by atoms with van der Waals surface area (Å²) in [4.78, 5) is 37.7. The molecule has 0 saturated heterocycles. The average molecular weight is 1220 g/mol. The van der Waals surface area contributed by atoms with Crippen LogP contribution < -0.4 is 0 Å². The van der Waals surface area contributed by atoms with E-state index in [0.29, 0.717) is 17.4 Å². The highest BCUT2D eigenvalue weighted by Gasteiger charge is 2.25. The van der Waals surface area contributed by atoms with Gasteiger partial charge in [-0.05, 0) is 89.9 Å². The predicted octanol–water partition coefficient (Wildman–Crippen LogP) is 23.0. The predicted molar refractivity (Wildman–Crippen MR) is 373 cm³/mol. The van der Waals surface area contributed by atoms with Gasteiger partial charge in [-0.2, -0.15) is 0 Å². The Kier molecular flexibility index (Phi) is 65.6. The first-order valence-electron chi connectivity index (χ1n) is 36.8. The van der Waals surface area contributed by atoms with Crippen LogP contribution in [0.1, 0.15) is 335 Å². The van der Waals surface area contributed by atoms with E-state index < -0.39 is 18.4 Å². The van der Waals surface area contributed by atoms with Gasteiger partial charge >= 0.3 is 17.9 Å². The maximum atomic E-state index is 13.0. The number of hydrogen-bond donors (Lipinski definition) is 1. The summed E-state index contributed by atoms with van der Waals surface area (Å²) in [5.74, 6) is -1.99. The number of carboxylic acids is 1. The second-order valence-corrected chi connectivity index (χ2v) is 25.9. The number of hydrogen-bond acceptors (Lipinski definition) is 7. The number of esters is 2. The molecule has 2 atom stereocenters. The third kappa shape index (κ3) is 69.8. The molecule has 0 aliphatic rings. The highest BCUT2D eigenvalue weighted by atomic mass is 16.7. The Morgan fingerprint density at radius 2 is 0.655 bits per heavy atom. The van der Waals surface area contributed by atoms with Crippen molar-refractivity contribution in [3.05, 3.63) is 85.1 Å². The molecule has 0 amide bonds. The van der Waals surface area contributed by atoms with E-state index in [1.165, 1.54) is 231 Å². The van der Waals surface area contributed by atoms with Crippen molar-refractivity contribution in [2.45, 2.75) is 347 Å². The molecule has 9 heteroatoms. The van der Waals surface area contributed by atoms with Gasteiger partial charge in [0.25, 0.3) is 6.29 Å². The Morgan fingerprint density at radius 1 is 0.356 bits per heavy atom. The summed E-state index contributed by atoms with van der Waals surface area (Å²) in [6.07, 6.45) is 89.9. The van der Waals surface area contributed by atoms with Crippen molar-refractivity contribution < 1.29 is 42.9 Å². The molecule has 0 aliphatic heterocycles. The van der Waals surface area contributed by atoms with Crippen molar-refractivity contribution >= 4 is 17.9 Å². The van der Waals surface area contributed by atoms with E-state index in [1.807, 2.05) is 21.1 Å². The number of allylic oxidation sites excluding steroid dienone is 14. The number of rotatable bonds is 68. The number of carbonyl (C=O) groups excluding carboxylic acids is 2. The van der Waals surface area contributed by atoms with Crippen molar-refractivity contribution in [1.29, 1.82) is 0 Å². The van der Waals surface area contributed by atoms with Crippen LogP contribution in [0.4, 0.5) is 0 Å². The van der Waals surface area contributed by atoms with Gasteiger partial charge in [0.1, 0.15) is 13.2 Å². The van der Waals surface area contributed by atoms with Crippen LogP contribution in [0.2, 0.25) is 0 Å². The van der Waals surface area contributed by atoms with Gasteiger partial charge in [-0.1, -0.05) is 317 Å². The third-order valence-corrected chi connectivity index (χ3v) is 16.1. The van der Waals surface area contributed by atoms with Gasteiger partial charge in [0.05, 0.1) is 34.4 Å². The van der Waals surface area contributed by atoms with Crippen LogP contribution in [0.25, 0.3) is 0 Å². The minimum absolute atomic E-state index is 0.180. The van der Waals surface area contributed by atoms with Crippen LogP contribution in [0.15, 0.2) is 85.1 Å². The lowest BCUT2D eigenvalue weighted by Gasteiger charge is -2.25. The maximum Gasteiger partial charge on any atom is 0.361 e. The van der Waals surface area contributed by atoms with E-state index in [-0.39, 0.29) is 38.2 Å². The molecule has 0 spiro atoms. The van der Waals surface area contributed by atoms with E-state index in [2.05, 4.69) is 98.9 Å². The summed E-state index contributed by atoms with van der Waals surface area (Å²) in [7, 11) is 5.99. The van der Waals surface area contributed by atoms with Gasteiger partial charge in [0.15, 0.2) is 6.10 Å². The fourth-order valence-corrected chi connectivity index (χ4v) is 10.5. The van der Waals surface area contributed by atoms with Crippen LogP contribution in [0.5, 0.6) is 0 Å². The van der Waals surface area contributed by atoms with Gasteiger partial charge in [-0.3, -0.25) is 9.59 Å². The topological polar surface area (TPSA) is 108 Å². The molecule has 0 rings (SSSR count). The Hall–Kier alpha value is -3.53. The molecule has 0 fully saturated rings. The minimum Gasteiger partial charge on any atom is -0.477 e. The second kappa shape index (κ2) is 68.4. The van der Waals surface area contributed by atoms with Crippen LogP contribution in [-0.4, -0.2) is 87.4 Å². The van der Waals surface area contributed by atoms with Crippen molar-refractivity contribution in [3.63, 3.8) is 0 Å². The molecule has 2 unspecified atom stereocenters. The number of unbranched alkanes of at least 4 members (excludes halogenated alkanes) is 39. The lowest BCUT2D eigenvalue weighted by molar-refractivity contribution is -0.870. The standard InChI is InChI=1S/C78H139NO8/c1-6-8-10-12-14-16-18-20-22-24-26-28-30-32-33-34-35-36-37-38-39-40-41-42-43-45-47-49-51-53-55-57-59-61-63-65-67-69-76(81)87-74(73-86-78(77(82)83)84-71-70-79(3,4)5)72-85-75(80)68-66-64-62-60-58-56-54-52-50-48-46-44-31-29-27-25-23-21-19-17-15-13-11-9-7-2/h8,10,14,16,20,22,25-28,32-33,35-36,74,78H,6-7,9,11-13,15,17-19,21,23-24,29-31,34,37-73H2,1-5H3/p+1/b10-8-,16-14-,22-20-,27-25-,28-26-,33-32-,36-35-. The Labute approximate surface area is 538 Å². The minimum atomic E-state index is -1.51. The van der Waals surface area contributed by atoms with Gasteiger partial charge < -0.3 is 28.5 Å². The molecule has 0 bridgehead atoms. The van der Waals surface area contributed by atoms with E-state index in [9.17, 15) is 19.5 Å². The fourth-order valence-electron chi connectivity index (χ4n) is 10.5. The molecule has 9 nitrogen and oxygen atoms in total. The molecule has 0 radical (unpaired) electrons. The molecule has 1 N–H and O–H groups in total. The number of quaternary nitrogens is 1. The summed E-state index contributed by atoms with van der Waals surface area (Å²) >= 11 is 0. The number of aliphatic carboxylic acids is 1. The highest BCUT2D eigenvalue weighted by molar-refractivity contribution is 5.71. The quantitative estimate of drug-likeness (QED) is 0.0211. The number of carbonyl (C=O) groups is 3. The molecule has 87 heavy (non-hydrogen) atoms. The molecule has 0 aromatic carbocycles. The zero-order valence-electron chi connectivity index (χ0n) is 57.7. The monoisotopic (exact) mass is 1220 g/mol. The molecule has 504 valence electrons. The number of likely N-dealkylation sites (N-methyl/N-ethyl adjacent to an activating group) is 1. The van der Waals surface area contributed by atoms with Crippen LogP contribution in [0, 0.1) is 0 Å². The second-order valence-electron chi connectivity index (χ2n) is 25.9. The van der Waals surface area contributed by atoms with Crippen LogP contribution in [-0.2, 0) is 33.3 Å². The SMILES string of the molecule is CC/C=C\C/C=C\C/C=C\C/C=C\C/C=C\C/C=C\CCCCCCCCCCCCCCCCCCCCC(=O)OC(COC(=O)CCCCCCCCCCCCCCC/C=C\CCCCCCCCCC)COC(OCC[N+](C)(C)C)C(=O)O.